The Morgan fingerprint density at radius 2 is 1.84 bits per heavy atom. The number of aryl methyl sites for hydroxylation is 1. The number of alkyl halides is 3. The van der Waals surface area contributed by atoms with E-state index >= 15 is 0 Å². The smallest absolute Gasteiger partial charge is 0.433 e. The molecular weight excluding hydrogens is 412 g/mol. The first-order valence-electron chi connectivity index (χ1n) is 10.6. The summed E-state index contributed by atoms with van der Waals surface area (Å²) in [6.07, 6.45) is -2.07. The lowest BCUT2D eigenvalue weighted by Crippen LogP contribution is -2.38. The van der Waals surface area contributed by atoms with Gasteiger partial charge in [0.2, 0.25) is 0 Å². The van der Waals surface area contributed by atoms with Crippen molar-refractivity contribution in [3.8, 4) is 11.5 Å². The van der Waals surface area contributed by atoms with Crippen LogP contribution in [0.5, 0.6) is 11.5 Å². The van der Waals surface area contributed by atoms with Gasteiger partial charge in [0, 0.05) is 29.9 Å². The van der Waals surface area contributed by atoms with Crippen LogP contribution < -0.4 is 9.47 Å². The molecule has 4 rings (SSSR count). The van der Waals surface area contributed by atoms with Gasteiger partial charge in [-0.15, -0.1) is 0 Å². The Balaban J connectivity index is 1.48. The molecule has 1 saturated heterocycles. The molecule has 3 heterocycles. The molecule has 0 radical (unpaired) electrons. The third-order valence-electron chi connectivity index (χ3n) is 6.04. The second-order valence-corrected chi connectivity index (χ2v) is 8.40. The fourth-order valence-electron chi connectivity index (χ4n) is 4.55. The summed E-state index contributed by atoms with van der Waals surface area (Å²) in [5, 5.41) is 0. The second kappa shape index (κ2) is 8.65. The molecule has 0 N–H and O–H groups in total. The van der Waals surface area contributed by atoms with Crippen molar-refractivity contribution in [3.05, 3.63) is 52.6 Å². The minimum atomic E-state index is -4.45. The van der Waals surface area contributed by atoms with E-state index in [1.165, 1.54) is 6.07 Å². The van der Waals surface area contributed by atoms with Gasteiger partial charge in [0.25, 0.3) is 0 Å². The number of hydrogen-bond donors (Lipinski definition) is 0. The van der Waals surface area contributed by atoms with Gasteiger partial charge in [-0.1, -0.05) is 0 Å². The summed E-state index contributed by atoms with van der Waals surface area (Å²) >= 11 is 0. The Labute approximate surface area is 179 Å². The van der Waals surface area contributed by atoms with Crippen molar-refractivity contribution < 1.29 is 27.0 Å². The van der Waals surface area contributed by atoms with Crippen LogP contribution in [0.1, 0.15) is 48.3 Å². The molecule has 1 fully saturated rings. The molecule has 0 bridgehead atoms. The number of likely N-dealkylation sites (tertiary alicyclic amines) is 1. The van der Waals surface area contributed by atoms with Gasteiger partial charge in [-0.05, 0) is 69.3 Å². The van der Waals surface area contributed by atoms with Crippen molar-refractivity contribution in [3.63, 3.8) is 0 Å². The number of aromatic nitrogens is 1. The summed E-state index contributed by atoms with van der Waals surface area (Å²) < 4.78 is 65.1. The van der Waals surface area contributed by atoms with Crippen molar-refractivity contribution in [2.24, 2.45) is 5.92 Å². The average molecular weight is 438 g/mol. The highest BCUT2D eigenvalue weighted by Crippen LogP contribution is 2.37. The maximum atomic E-state index is 14.8. The predicted octanol–water partition coefficient (Wildman–Crippen LogP) is 5.33. The zero-order chi connectivity index (χ0) is 22.2. The van der Waals surface area contributed by atoms with Crippen molar-refractivity contribution in [2.75, 3.05) is 26.3 Å². The normalized spacial score (nSPS) is 20.5. The van der Waals surface area contributed by atoms with E-state index in [-0.39, 0.29) is 17.8 Å². The maximum Gasteiger partial charge on any atom is 0.433 e. The molecule has 1 aromatic carbocycles. The average Bonchev–Trinajstić information content (AvgIpc) is 2.72. The van der Waals surface area contributed by atoms with E-state index in [2.05, 4.69) is 9.88 Å². The number of rotatable bonds is 4. The first kappa shape index (κ1) is 21.9. The number of pyridine rings is 1. The molecule has 8 heteroatoms. The van der Waals surface area contributed by atoms with E-state index in [1.807, 2.05) is 6.92 Å². The molecule has 2 aliphatic heterocycles. The standard InChI is InChI=1S/C23H26F4N2O2/c1-14-8-17(10-22(28-14)23(25,26)27)9-16-4-3-5-29(13-16)15(2)18-11-20-21(12-19(18)24)31-7-6-30-20/h8,10-12,15-16H,3-7,9,13H2,1-2H3/t15?,16-/m1/s1. The number of halogens is 4. The Morgan fingerprint density at radius 1 is 1.13 bits per heavy atom. The van der Waals surface area contributed by atoms with Crippen molar-refractivity contribution in [1.29, 1.82) is 0 Å². The molecule has 2 aromatic rings. The van der Waals surface area contributed by atoms with Crippen LogP contribution in [0.25, 0.3) is 0 Å². The van der Waals surface area contributed by atoms with Gasteiger partial charge in [-0.2, -0.15) is 13.2 Å². The number of benzene rings is 1. The molecule has 2 atom stereocenters. The summed E-state index contributed by atoms with van der Waals surface area (Å²) in [6, 6.07) is 5.78. The number of piperidine rings is 1. The third-order valence-corrected chi connectivity index (χ3v) is 6.04. The fraction of sp³-hybridized carbons (Fsp3) is 0.522. The van der Waals surface area contributed by atoms with Crippen LogP contribution in [0.4, 0.5) is 17.6 Å². The van der Waals surface area contributed by atoms with Gasteiger partial charge in [-0.25, -0.2) is 9.37 Å². The Kier molecular flexibility index (Phi) is 6.10. The molecule has 168 valence electrons. The number of fused-ring (bicyclic) bond motifs is 1. The van der Waals surface area contributed by atoms with E-state index in [9.17, 15) is 17.6 Å². The molecule has 0 saturated carbocycles. The molecule has 31 heavy (non-hydrogen) atoms. The van der Waals surface area contributed by atoms with Crippen LogP contribution in [-0.2, 0) is 12.6 Å². The summed E-state index contributed by atoms with van der Waals surface area (Å²) in [5.74, 6) is 0.831. The summed E-state index contributed by atoms with van der Waals surface area (Å²) in [6.45, 7) is 5.88. The third kappa shape index (κ3) is 4.95. The van der Waals surface area contributed by atoms with E-state index in [4.69, 9.17) is 9.47 Å². The van der Waals surface area contributed by atoms with E-state index in [0.29, 0.717) is 54.5 Å². The predicted molar refractivity (Wildman–Crippen MR) is 108 cm³/mol. The monoisotopic (exact) mass is 438 g/mol. The van der Waals surface area contributed by atoms with Gasteiger partial charge < -0.3 is 9.47 Å². The van der Waals surface area contributed by atoms with Gasteiger partial charge in [-0.3, -0.25) is 4.90 Å². The lowest BCUT2D eigenvalue weighted by Gasteiger charge is -2.37. The Bertz CT molecular complexity index is 948. The highest BCUT2D eigenvalue weighted by molar-refractivity contribution is 5.45. The Hall–Kier alpha value is -2.35. The number of ether oxygens (including phenoxy) is 2. The fourth-order valence-corrected chi connectivity index (χ4v) is 4.55. The van der Waals surface area contributed by atoms with E-state index in [0.717, 1.165) is 25.5 Å². The lowest BCUT2D eigenvalue weighted by molar-refractivity contribution is -0.141. The van der Waals surface area contributed by atoms with Crippen LogP contribution in [0, 0.1) is 18.7 Å². The SMILES string of the molecule is Cc1cc(C[C@H]2CCCN(C(C)c3cc4c(cc3F)OCCO4)C2)cc(C(F)(F)F)n1. The summed E-state index contributed by atoms with van der Waals surface area (Å²) in [7, 11) is 0. The quantitative estimate of drug-likeness (QED) is 0.604. The summed E-state index contributed by atoms with van der Waals surface area (Å²) in [5.41, 5.74) is 0.708. The molecule has 0 spiro atoms. The maximum absolute atomic E-state index is 14.8. The molecule has 1 unspecified atom stereocenters. The zero-order valence-corrected chi connectivity index (χ0v) is 17.6. The largest absolute Gasteiger partial charge is 0.486 e. The van der Waals surface area contributed by atoms with E-state index < -0.39 is 11.9 Å². The topological polar surface area (TPSA) is 34.6 Å². The molecular formula is C23H26F4N2O2. The number of nitrogens with zero attached hydrogens (tertiary/aromatic N) is 2. The van der Waals surface area contributed by atoms with Crippen molar-refractivity contribution in [1.82, 2.24) is 9.88 Å². The van der Waals surface area contributed by atoms with Crippen LogP contribution in [0.2, 0.25) is 0 Å². The number of hydrogen-bond acceptors (Lipinski definition) is 4. The minimum Gasteiger partial charge on any atom is -0.486 e. The lowest BCUT2D eigenvalue weighted by atomic mass is 9.89. The van der Waals surface area contributed by atoms with Crippen molar-refractivity contribution >= 4 is 0 Å². The second-order valence-electron chi connectivity index (χ2n) is 8.40. The van der Waals surface area contributed by atoms with Gasteiger partial charge in [0.15, 0.2) is 11.5 Å². The van der Waals surface area contributed by atoms with Crippen molar-refractivity contribution in [2.45, 2.75) is 45.3 Å². The van der Waals surface area contributed by atoms with Crippen LogP contribution in [-0.4, -0.2) is 36.2 Å². The molecule has 0 aliphatic carbocycles. The van der Waals surface area contributed by atoms with Gasteiger partial charge >= 0.3 is 6.18 Å². The van der Waals surface area contributed by atoms with Gasteiger partial charge in [0.05, 0.1) is 0 Å². The van der Waals surface area contributed by atoms with Gasteiger partial charge in [0.1, 0.15) is 24.7 Å². The van der Waals surface area contributed by atoms with E-state index in [1.54, 1.807) is 19.1 Å². The van der Waals surface area contributed by atoms with Crippen LogP contribution in [0.3, 0.4) is 0 Å². The Morgan fingerprint density at radius 3 is 2.55 bits per heavy atom. The first-order valence-corrected chi connectivity index (χ1v) is 10.6. The molecule has 4 nitrogen and oxygen atoms in total. The highest BCUT2D eigenvalue weighted by atomic mass is 19.4. The highest BCUT2D eigenvalue weighted by Gasteiger charge is 2.33. The summed E-state index contributed by atoms with van der Waals surface area (Å²) in [4.78, 5) is 5.82. The van der Waals surface area contributed by atoms with Crippen LogP contribution >= 0.6 is 0 Å². The first-order chi connectivity index (χ1) is 14.7. The molecule has 0 amide bonds. The molecule has 2 aliphatic rings. The van der Waals surface area contributed by atoms with Crippen LogP contribution in [0.15, 0.2) is 24.3 Å². The molecule has 1 aromatic heterocycles. The zero-order valence-electron chi connectivity index (χ0n) is 17.6. The minimum absolute atomic E-state index is 0.177.